The molecule has 0 unspecified atom stereocenters. The van der Waals surface area contributed by atoms with Gasteiger partial charge in [0.05, 0.1) is 0 Å². The molecule has 118 valence electrons. The van der Waals surface area contributed by atoms with Gasteiger partial charge in [0.25, 0.3) is 0 Å². The van der Waals surface area contributed by atoms with E-state index in [0.717, 1.165) is 12.0 Å². The van der Waals surface area contributed by atoms with E-state index in [1.54, 1.807) is 0 Å². The van der Waals surface area contributed by atoms with Crippen LogP contribution >= 0.6 is 0 Å². The maximum atomic E-state index is 11.9. The molecule has 3 aliphatic rings. The lowest BCUT2D eigenvalue weighted by Crippen LogP contribution is -2.54. The Morgan fingerprint density at radius 2 is 2.05 bits per heavy atom. The number of hydrogen-bond donors (Lipinski definition) is 1. The zero-order valence-electron chi connectivity index (χ0n) is 13.4. The molecule has 3 saturated carbocycles. The van der Waals surface area contributed by atoms with Crippen LogP contribution in [0.2, 0.25) is 0 Å². The molecule has 0 aromatic heterocycles. The number of rotatable bonds is 6. The molecule has 1 amide bonds. The second-order valence-electron chi connectivity index (χ2n) is 6.90. The predicted molar refractivity (Wildman–Crippen MR) is 81.5 cm³/mol. The minimum atomic E-state index is -0.204. The quantitative estimate of drug-likeness (QED) is 0.605. The summed E-state index contributed by atoms with van der Waals surface area (Å²) in [4.78, 5) is 23.2. The lowest BCUT2D eigenvalue weighted by atomic mass is 9.47. The Morgan fingerprint density at radius 3 is 2.62 bits per heavy atom. The van der Waals surface area contributed by atoms with Gasteiger partial charge in [-0.15, -0.1) is 0 Å². The summed E-state index contributed by atoms with van der Waals surface area (Å²) in [5.74, 6) is 0.922. The van der Waals surface area contributed by atoms with E-state index in [9.17, 15) is 9.59 Å². The highest BCUT2D eigenvalue weighted by Crippen LogP contribution is 2.61. The number of hydrogen-bond acceptors (Lipinski definition) is 3. The fraction of sp³-hybridized carbons (Fsp3) is 0.765. The number of fused-ring (bicyclic) bond motifs is 2. The Hall–Kier alpha value is -1.32. The van der Waals surface area contributed by atoms with Gasteiger partial charge in [-0.25, -0.2) is 0 Å². The first-order chi connectivity index (χ1) is 9.86. The molecule has 3 aliphatic carbocycles. The molecule has 0 aromatic rings. The zero-order chi connectivity index (χ0) is 15.6. The summed E-state index contributed by atoms with van der Waals surface area (Å²) in [5.41, 5.74) is 1.40. The van der Waals surface area contributed by atoms with E-state index in [1.165, 1.54) is 6.42 Å². The highest BCUT2D eigenvalue weighted by atomic mass is 16.5. The number of ether oxygens (including phenoxy) is 1. The van der Waals surface area contributed by atoms with Gasteiger partial charge in [-0.2, -0.15) is 0 Å². The molecule has 0 heterocycles. The normalized spacial score (nSPS) is 29.5. The van der Waals surface area contributed by atoms with Crippen LogP contribution in [0.1, 0.15) is 52.9 Å². The maximum absolute atomic E-state index is 11.9. The predicted octanol–water partition coefficient (Wildman–Crippen LogP) is 2.83. The van der Waals surface area contributed by atoms with Gasteiger partial charge in [-0.05, 0) is 49.0 Å². The van der Waals surface area contributed by atoms with E-state index < -0.39 is 0 Å². The standard InChI is InChI=1S/C17H27NO3/c1-5-18-15(19)7-6-8-16(20)21-14-10-12-9-13(11(14)2)17(12,3)4/h12-14H,2,5-10H2,1,3-4H3,(H,18,19)/t12-,13+,14+/m1/s1. The van der Waals surface area contributed by atoms with Gasteiger partial charge in [0.1, 0.15) is 6.10 Å². The van der Waals surface area contributed by atoms with Crippen molar-refractivity contribution in [1.82, 2.24) is 5.32 Å². The molecule has 21 heavy (non-hydrogen) atoms. The van der Waals surface area contributed by atoms with Crippen LogP contribution in [0.4, 0.5) is 0 Å². The van der Waals surface area contributed by atoms with Crippen LogP contribution in [0.15, 0.2) is 12.2 Å². The van der Waals surface area contributed by atoms with Crippen LogP contribution in [-0.4, -0.2) is 24.5 Å². The van der Waals surface area contributed by atoms with Crippen molar-refractivity contribution < 1.29 is 14.3 Å². The molecule has 1 N–H and O–H groups in total. The summed E-state index contributed by atoms with van der Waals surface area (Å²) in [5, 5.41) is 2.72. The first-order valence-electron chi connectivity index (χ1n) is 8.01. The SMILES string of the molecule is C=C1[C@@H](OC(=O)CCCC(=O)NCC)C[C@H]2C[C@@H]1C2(C)C. The first kappa shape index (κ1) is 16.1. The molecule has 3 atom stereocenters. The topological polar surface area (TPSA) is 55.4 Å². The van der Waals surface area contributed by atoms with Gasteiger partial charge < -0.3 is 10.1 Å². The van der Waals surface area contributed by atoms with Crippen molar-refractivity contribution in [3.63, 3.8) is 0 Å². The van der Waals surface area contributed by atoms with Crippen molar-refractivity contribution in [3.8, 4) is 0 Å². The Labute approximate surface area is 127 Å². The van der Waals surface area contributed by atoms with E-state index in [2.05, 4.69) is 25.7 Å². The Bertz CT molecular complexity index is 441. The van der Waals surface area contributed by atoms with Crippen LogP contribution in [0, 0.1) is 17.3 Å². The molecule has 2 bridgehead atoms. The Morgan fingerprint density at radius 1 is 1.33 bits per heavy atom. The molecular formula is C17H27NO3. The highest BCUT2D eigenvalue weighted by Gasteiger charge is 2.55. The third-order valence-electron chi connectivity index (χ3n) is 5.26. The fourth-order valence-electron chi connectivity index (χ4n) is 3.70. The summed E-state index contributed by atoms with van der Waals surface area (Å²) in [7, 11) is 0. The summed E-state index contributed by atoms with van der Waals surface area (Å²) in [6.45, 7) is 11.2. The molecule has 3 fully saturated rings. The Kier molecular flexibility index (Phi) is 4.74. The smallest absolute Gasteiger partial charge is 0.306 e. The van der Waals surface area contributed by atoms with E-state index in [0.29, 0.717) is 43.1 Å². The second-order valence-corrected chi connectivity index (χ2v) is 6.90. The first-order valence-corrected chi connectivity index (χ1v) is 8.01. The van der Waals surface area contributed by atoms with Crippen molar-refractivity contribution in [2.75, 3.05) is 6.54 Å². The lowest BCUT2D eigenvalue weighted by Gasteiger charge is -2.59. The lowest BCUT2D eigenvalue weighted by molar-refractivity contribution is -0.156. The molecule has 4 heteroatoms. The highest BCUT2D eigenvalue weighted by molar-refractivity contribution is 5.77. The molecule has 0 aliphatic heterocycles. The molecular weight excluding hydrogens is 266 g/mol. The summed E-state index contributed by atoms with van der Waals surface area (Å²) in [6.07, 6.45) is 3.22. The third kappa shape index (κ3) is 3.30. The minimum Gasteiger partial charge on any atom is -0.458 e. The molecule has 0 radical (unpaired) electrons. The van der Waals surface area contributed by atoms with Crippen molar-refractivity contribution in [1.29, 1.82) is 0 Å². The van der Waals surface area contributed by atoms with Crippen LogP contribution in [0.5, 0.6) is 0 Å². The van der Waals surface area contributed by atoms with Crippen molar-refractivity contribution >= 4 is 11.9 Å². The Balaban J connectivity index is 1.72. The summed E-state index contributed by atoms with van der Waals surface area (Å²) < 4.78 is 5.57. The zero-order valence-corrected chi connectivity index (χ0v) is 13.4. The molecule has 4 nitrogen and oxygen atoms in total. The largest absolute Gasteiger partial charge is 0.458 e. The van der Waals surface area contributed by atoms with Gasteiger partial charge in [0.15, 0.2) is 0 Å². The molecule has 0 spiro atoms. The minimum absolute atomic E-state index is 0.00429. The van der Waals surface area contributed by atoms with Crippen LogP contribution in [0.3, 0.4) is 0 Å². The average molecular weight is 293 g/mol. The molecule has 0 aromatic carbocycles. The van der Waals surface area contributed by atoms with Gasteiger partial charge in [-0.1, -0.05) is 20.4 Å². The fourth-order valence-corrected chi connectivity index (χ4v) is 3.70. The third-order valence-corrected chi connectivity index (χ3v) is 5.26. The van der Waals surface area contributed by atoms with Crippen molar-refractivity contribution in [2.24, 2.45) is 17.3 Å². The van der Waals surface area contributed by atoms with Gasteiger partial charge in [0, 0.05) is 19.4 Å². The van der Waals surface area contributed by atoms with Gasteiger partial charge in [0.2, 0.25) is 5.91 Å². The summed E-state index contributed by atoms with van der Waals surface area (Å²) in [6, 6.07) is 0. The van der Waals surface area contributed by atoms with Gasteiger partial charge >= 0.3 is 5.97 Å². The van der Waals surface area contributed by atoms with E-state index in [4.69, 9.17) is 4.74 Å². The number of carbonyl (C=O) groups excluding carboxylic acids is 2. The van der Waals surface area contributed by atoms with Crippen molar-refractivity contribution in [3.05, 3.63) is 12.2 Å². The number of esters is 1. The van der Waals surface area contributed by atoms with Crippen LogP contribution < -0.4 is 5.32 Å². The van der Waals surface area contributed by atoms with E-state index >= 15 is 0 Å². The monoisotopic (exact) mass is 293 g/mol. The van der Waals surface area contributed by atoms with Gasteiger partial charge in [-0.3, -0.25) is 9.59 Å². The second kappa shape index (κ2) is 6.20. The van der Waals surface area contributed by atoms with E-state index in [1.807, 2.05) is 6.92 Å². The average Bonchev–Trinajstić information content (AvgIpc) is 2.40. The molecule has 0 saturated heterocycles. The maximum Gasteiger partial charge on any atom is 0.306 e. The van der Waals surface area contributed by atoms with E-state index in [-0.39, 0.29) is 18.0 Å². The number of nitrogens with one attached hydrogen (secondary N) is 1. The number of amides is 1. The number of carbonyl (C=O) groups is 2. The van der Waals surface area contributed by atoms with Crippen LogP contribution in [0.25, 0.3) is 0 Å². The molecule has 3 rings (SSSR count). The summed E-state index contributed by atoms with van der Waals surface area (Å²) >= 11 is 0. The van der Waals surface area contributed by atoms with Crippen molar-refractivity contribution in [2.45, 2.75) is 59.0 Å². The van der Waals surface area contributed by atoms with Crippen LogP contribution in [-0.2, 0) is 14.3 Å².